The van der Waals surface area contributed by atoms with Crippen molar-refractivity contribution in [3.63, 3.8) is 0 Å². The van der Waals surface area contributed by atoms with E-state index < -0.39 is 0 Å². The van der Waals surface area contributed by atoms with Crippen molar-refractivity contribution in [3.05, 3.63) is 69.3 Å². The molecule has 3 aromatic rings. The van der Waals surface area contributed by atoms with Gasteiger partial charge in [-0.2, -0.15) is 15.4 Å². The Labute approximate surface area is 195 Å². The van der Waals surface area contributed by atoms with Gasteiger partial charge in [-0.05, 0) is 49.2 Å². The van der Waals surface area contributed by atoms with E-state index in [1.54, 1.807) is 16.8 Å². The molecule has 1 fully saturated rings. The van der Waals surface area contributed by atoms with E-state index in [0.717, 1.165) is 24.1 Å². The predicted octanol–water partition coefficient (Wildman–Crippen LogP) is 5.15. The molecule has 0 spiro atoms. The zero-order valence-electron chi connectivity index (χ0n) is 16.5. The second-order valence-corrected chi connectivity index (χ2v) is 8.57. The molecule has 0 bridgehead atoms. The van der Waals surface area contributed by atoms with Crippen molar-refractivity contribution in [2.45, 2.75) is 18.9 Å². The molecule has 1 saturated heterocycles. The van der Waals surface area contributed by atoms with Crippen LogP contribution in [0.15, 0.2) is 53.5 Å². The summed E-state index contributed by atoms with van der Waals surface area (Å²) in [6.07, 6.45) is 3.58. The van der Waals surface area contributed by atoms with Gasteiger partial charge < -0.3 is 10.6 Å². The zero-order chi connectivity index (χ0) is 22.0. The van der Waals surface area contributed by atoms with E-state index in [0.29, 0.717) is 45.4 Å². The van der Waals surface area contributed by atoms with Crippen LogP contribution >= 0.6 is 34.8 Å². The Morgan fingerprint density at radius 3 is 2.35 bits per heavy atom. The van der Waals surface area contributed by atoms with Crippen LogP contribution in [0.25, 0.3) is 16.9 Å². The number of hydrogen-bond donors (Lipinski definition) is 1. The van der Waals surface area contributed by atoms with Crippen LogP contribution in [0, 0.1) is 11.5 Å². The van der Waals surface area contributed by atoms with Crippen molar-refractivity contribution < 1.29 is 0 Å². The number of benzene rings is 2. The smallest absolute Gasteiger partial charge is 0.207 e. The highest BCUT2D eigenvalue weighted by atomic mass is 35.5. The maximum absolute atomic E-state index is 9.32. The van der Waals surface area contributed by atoms with Crippen LogP contribution in [0.2, 0.25) is 15.1 Å². The van der Waals surface area contributed by atoms with Crippen molar-refractivity contribution in [2.75, 3.05) is 13.1 Å². The van der Waals surface area contributed by atoms with Crippen molar-refractivity contribution >= 4 is 40.6 Å². The quantitative estimate of drug-likeness (QED) is 0.324. The summed E-state index contributed by atoms with van der Waals surface area (Å²) in [5.41, 5.74) is 8.97. The highest BCUT2D eigenvalue weighted by molar-refractivity contribution is 6.35. The van der Waals surface area contributed by atoms with Crippen molar-refractivity contribution in [2.24, 2.45) is 10.7 Å². The van der Waals surface area contributed by atoms with Gasteiger partial charge in [-0.1, -0.05) is 46.9 Å². The second-order valence-electron chi connectivity index (χ2n) is 7.29. The molecule has 1 aromatic heterocycles. The number of nitrogens with two attached hydrogens (primary N) is 1. The van der Waals surface area contributed by atoms with Crippen LogP contribution in [0.3, 0.4) is 0 Å². The number of aliphatic imine (C=N–C) groups is 1. The van der Waals surface area contributed by atoms with E-state index >= 15 is 0 Å². The van der Waals surface area contributed by atoms with Gasteiger partial charge in [0.1, 0.15) is 5.69 Å². The molecule has 4 rings (SSSR count). The molecule has 2 aromatic carbocycles. The molecule has 1 aliphatic heterocycles. The van der Waals surface area contributed by atoms with Gasteiger partial charge in [-0.15, -0.1) is 0 Å². The first-order valence-corrected chi connectivity index (χ1v) is 10.9. The summed E-state index contributed by atoms with van der Waals surface area (Å²) in [4.78, 5) is 6.14. The number of hydrogen-bond acceptors (Lipinski definition) is 4. The molecule has 1 aliphatic rings. The number of nitriles is 1. The third-order valence-electron chi connectivity index (χ3n) is 5.21. The van der Waals surface area contributed by atoms with E-state index in [1.807, 2.05) is 47.5 Å². The minimum absolute atomic E-state index is 0.162. The average molecular weight is 474 g/mol. The minimum Gasteiger partial charge on any atom is -0.354 e. The first-order chi connectivity index (χ1) is 15.0. The van der Waals surface area contributed by atoms with Gasteiger partial charge in [0.15, 0.2) is 5.84 Å². The third-order valence-corrected chi connectivity index (χ3v) is 6.00. The lowest BCUT2D eigenvalue weighted by molar-refractivity contribution is 0.313. The predicted molar refractivity (Wildman–Crippen MR) is 125 cm³/mol. The van der Waals surface area contributed by atoms with Gasteiger partial charge in [0.2, 0.25) is 6.19 Å². The molecule has 0 atom stereocenters. The number of amidine groups is 1. The number of halogens is 3. The van der Waals surface area contributed by atoms with Crippen LogP contribution < -0.4 is 5.73 Å². The normalized spacial score (nSPS) is 15.2. The van der Waals surface area contributed by atoms with Crippen LogP contribution in [0.4, 0.5) is 0 Å². The Morgan fingerprint density at radius 2 is 1.71 bits per heavy atom. The Morgan fingerprint density at radius 1 is 1.03 bits per heavy atom. The van der Waals surface area contributed by atoms with Gasteiger partial charge in [-0.25, -0.2) is 4.68 Å². The van der Waals surface area contributed by atoms with Crippen molar-refractivity contribution in [1.29, 1.82) is 5.26 Å². The van der Waals surface area contributed by atoms with E-state index in [1.165, 1.54) is 0 Å². The standard InChI is InChI=1S/C22H19Cl3N6/c23-15-3-1-14(2-4-15)21-12-19(22(28-13-26)30-9-7-17(27)8-10-30)29-31(21)20-6-5-16(24)11-18(20)25/h1-6,11-12,17H,7-10,27H2. The van der Waals surface area contributed by atoms with E-state index in [2.05, 4.69) is 4.99 Å². The van der Waals surface area contributed by atoms with Crippen LogP contribution in [0.5, 0.6) is 0 Å². The fraction of sp³-hybridized carbons (Fsp3) is 0.227. The summed E-state index contributed by atoms with van der Waals surface area (Å²) in [7, 11) is 0. The third kappa shape index (κ3) is 4.70. The number of aromatic nitrogens is 2. The van der Waals surface area contributed by atoms with Crippen molar-refractivity contribution in [3.8, 4) is 23.1 Å². The molecule has 6 nitrogen and oxygen atoms in total. The molecule has 158 valence electrons. The summed E-state index contributed by atoms with van der Waals surface area (Å²) in [5.74, 6) is 0.522. The minimum atomic E-state index is 0.162. The molecule has 0 aliphatic carbocycles. The lowest BCUT2D eigenvalue weighted by Crippen LogP contribution is -2.43. The summed E-state index contributed by atoms with van der Waals surface area (Å²) >= 11 is 18.7. The van der Waals surface area contributed by atoms with Gasteiger partial charge >= 0.3 is 0 Å². The van der Waals surface area contributed by atoms with Gasteiger partial charge in [-0.3, -0.25) is 0 Å². The molecule has 0 amide bonds. The van der Waals surface area contributed by atoms with E-state index in [4.69, 9.17) is 45.6 Å². The van der Waals surface area contributed by atoms with Crippen LogP contribution in [-0.4, -0.2) is 39.6 Å². The van der Waals surface area contributed by atoms with E-state index in [-0.39, 0.29) is 6.04 Å². The van der Waals surface area contributed by atoms with Crippen LogP contribution in [-0.2, 0) is 0 Å². The lowest BCUT2D eigenvalue weighted by atomic mass is 10.1. The summed E-state index contributed by atoms with van der Waals surface area (Å²) < 4.78 is 1.74. The van der Waals surface area contributed by atoms with Crippen molar-refractivity contribution in [1.82, 2.24) is 14.7 Å². The molecule has 9 heteroatoms. The Kier molecular flexibility index (Phi) is 6.49. The number of likely N-dealkylation sites (tertiary alicyclic amines) is 1. The summed E-state index contributed by atoms with van der Waals surface area (Å²) in [6.45, 7) is 1.43. The molecule has 0 unspecified atom stereocenters. The Hall–Kier alpha value is -2.56. The van der Waals surface area contributed by atoms with E-state index in [9.17, 15) is 5.26 Å². The fourth-order valence-corrected chi connectivity index (χ4v) is 4.22. The SMILES string of the molecule is N#CN=C(c1cc(-c2ccc(Cl)cc2)n(-c2ccc(Cl)cc2Cl)n1)N1CCC(N)CC1. The Balaban J connectivity index is 1.85. The average Bonchev–Trinajstić information content (AvgIpc) is 3.18. The highest BCUT2D eigenvalue weighted by Gasteiger charge is 2.24. The fourth-order valence-electron chi connectivity index (χ4n) is 3.60. The largest absolute Gasteiger partial charge is 0.354 e. The zero-order valence-corrected chi connectivity index (χ0v) is 18.7. The number of rotatable bonds is 3. The molecule has 2 heterocycles. The van der Waals surface area contributed by atoms with Crippen LogP contribution in [0.1, 0.15) is 18.5 Å². The number of nitrogens with zero attached hydrogens (tertiary/aromatic N) is 5. The van der Waals surface area contributed by atoms with Gasteiger partial charge in [0.25, 0.3) is 0 Å². The molecular formula is C22H19Cl3N6. The summed E-state index contributed by atoms with van der Waals surface area (Å²) in [6, 6.07) is 14.7. The maximum Gasteiger partial charge on any atom is 0.207 e. The molecule has 31 heavy (non-hydrogen) atoms. The Bertz CT molecular complexity index is 1150. The van der Waals surface area contributed by atoms with Gasteiger partial charge in [0.05, 0.1) is 16.4 Å². The lowest BCUT2D eigenvalue weighted by Gasteiger charge is -2.31. The molecule has 2 N–H and O–H groups in total. The summed E-state index contributed by atoms with van der Waals surface area (Å²) in [5, 5.41) is 15.7. The second kappa shape index (κ2) is 9.29. The van der Waals surface area contributed by atoms with Gasteiger partial charge in [0, 0.05) is 34.7 Å². The monoisotopic (exact) mass is 472 g/mol. The molecular weight excluding hydrogens is 455 g/mol. The number of piperidine rings is 1. The molecule has 0 radical (unpaired) electrons. The maximum atomic E-state index is 9.32. The first-order valence-electron chi connectivity index (χ1n) is 9.75. The molecule has 0 saturated carbocycles. The first kappa shape index (κ1) is 21.7. The topological polar surface area (TPSA) is 83.2 Å². The highest BCUT2D eigenvalue weighted by Crippen LogP contribution is 2.31.